The molecule has 0 amide bonds. The summed E-state index contributed by atoms with van der Waals surface area (Å²) in [5.41, 5.74) is 5.61. The first-order chi connectivity index (χ1) is 13.0. The summed E-state index contributed by atoms with van der Waals surface area (Å²) in [6, 6.07) is 5.99. The summed E-state index contributed by atoms with van der Waals surface area (Å²) >= 11 is 1.40. The average molecular weight is 390 g/mol. The summed E-state index contributed by atoms with van der Waals surface area (Å²) in [5.74, 6) is 1.22. The molecule has 0 unspecified atom stereocenters. The van der Waals surface area contributed by atoms with Crippen LogP contribution in [0.1, 0.15) is 44.0 Å². The molecule has 1 heterocycles. The predicted molar refractivity (Wildman–Crippen MR) is 110 cm³/mol. The number of anilines is 1. The maximum absolute atomic E-state index is 11.5. The van der Waals surface area contributed by atoms with E-state index in [1.807, 2.05) is 30.5 Å². The van der Waals surface area contributed by atoms with Crippen molar-refractivity contribution in [2.24, 2.45) is 11.0 Å². The number of carbonyl (C=O) groups is 1. The Morgan fingerprint density at radius 2 is 2.22 bits per heavy atom. The topological polar surface area (TPSA) is 72.8 Å². The minimum Gasteiger partial charge on any atom is -0.493 e. The van der Waals surface area contributed by atoms with Crippen LogP contribution in [0.3, 0.4) is 0 Å². The molecule has 0 saturated heterocycles. The van der Waals surface area contributed by atoms with Crippen molar-refractivity contribution in [2.75, 3.05) is 18.6 Å². The van der Waals surface area contributed by atoms with E-state index in [2.05, 4.69) is 29.4 Å². The molecular weight excluding hydrogens is 362 g/mol. The molecule has 1 N–H and O–H groups in total. The van der Waals surface area contributed by atoms with Crippen LogP contribution in [-0.2, 0) is 16.0 Å². The first-order valence-corrected chi connectivity index (χ1v) is 9.98. The zero-order valence-corrected chi connectivity index (χ0v) is 17.1. The molecule has 0 radical (unpaired) electrons. The normalized spacial score (nSPS) is 11.1. The molecule has 7 heteroatoms. The van der Waals surface area contributed by atoms with E-state index < -0.39 is 0 Å². The lowest BCUT2D eigenvalue weighted by molar-refractivity contribution is -0.142. The summed E-state index contributed by atoms with van der Waals surface area (Å²) in [5, 5.41) is 6.67. The number of rotatable bonds is 10. The number of ether oxygens (including phenoxy) is 2. The molecule has 6 nitrogen and oxygen atoms in total. The number of carbonyl (C=O) groups excluding carboxylic acids is 1. The van der Waals surface area contributed by atoms with E-state index >= 15 is 0 Å². The quantitative estimate of drug-likeness (QED) is 0.370. The number of hydrazone groups is 1. The van der Waals surface area contributed by atoms with Crippen LogP contribution in [0.4, 0.5) is 5.13 Å². The van der Waals surface area contributed by atoms with E-state index in [4.69, 9.17) is 9.47 Å². The molecule has 0 saturated carbocycles. The van der Waals surface area contributed by atoms with Crippen molar-refractivity contribution in [2.45, 2.75) is 40.5 Å². The Bertz CT molecular complexity index is 772. The molecule has 0 bridgehead atoms. The zero-order valence-electron chi connectivity index (χ0n) is 16.3. The largest absolute Gasteiger partial charge is 0.493 e. The molecule has 27 heavy (non-hydrogen) atoms. The number of aryl methyl sites for hydroxylation is 1. The fraction of sp³-hybridized carbons (Fsp3) is 0.450. The summed E-state index contributed by atoms with van der Waals surface area (Å²) in [6.45, 7) is 9.26. The average Bonchev–Trinajstić information content (AvgIpc) is 3.04. The SMILES string of the molecule is CCOC(=O)Cc1csc(NN=Cc2ccc(C)c(OCCC(C)C)c2)n1. The van der Waals surface area contributed by atoms with Gasteiger partial charge in [0.2, 0.25) is 5.13 Å². The second-order valence-corrected chi connectivity index (χ2v) is 7.41. The Balaban J connectivity index is 1.90. The summed E-state index contributed by atoms with van der Waals surface area (Å²) in [7, 11) is 0. The highest BCUT2D eigenvalue weighted by molar-refractivity contribution is 7.13. The minimum absolute atomic E-state index is 0.171. The van der Waals surface area contributed by atoms with Gasteiger partial charge in [-0.15, -0.1) is 11.3 Å². The van der Waals surface area contributed by atoms with Crippen molar-refractivity contribution in [1.29, 1.82) is 0 Å². The van der Waals surface area contributed by atoms with Crippen molar-refractivity contribution in [3.63, 3.8) is 0 Å². The zero-order chi connectivity index (χ0) is 19.6. The smallest absolute Gasteiger partial charge is 0.311 e. The highest BCUT2D eigenvalue weighted by Crippen LogP contribution is 2.20. The maximum Gasteiger partial charge on any atom is 0.311 e. The van der Waals surface area contributed by atoms with Crippen LogP contribution in [0.2, 0.25) is 0 Å². The van der Waals surface area contributed by atoms with Crippen LogP contribution in [0, 0.1) is 12.8 Å². The third-order valence-electron chi connectivity index (χ3n) is 3.72. The Kier molecular flexibility index (Phi) is 8.26. The third kappa shape index (κ3) is 7.38. The molecule has 0 aliphatic carbocycles. The van der Waals surface area contributed by atoms with Gasteiger partial charge >= 0.3 is 5.97 Å². The molecular formula is C20H27N3O3S. The van der Waals surface area contributed by atoms with E-state index in [-0.39, 0.29) is 12.4 Å². The first kappa shape index (κ1) is 20.9. The van der Waals surface area contributed by atoms with Crippen molar-refractivity contribution < 1.29 is 14.3 Å². The Morgan fingerprint density at radius 3 is 2.96 bits per heavy atom. The van der Waals surface area contributed by atoms with Crippen molar-refractivity contribution in [1.82, 2.24) is 4.98 Å². The van der Waals surface area contributed by atoms with E-state index in [1.54, 1.807) is 13.1 Å². The van der Waals surface area contributed by atoms with E-state index in [0.717, 1.165) is 23.3 Å². The van der Waals surface area contributed by atoms with Crippen LogP contribution < -0.4 is 10.2 Å². The van der Waals surface area contributed by atoms with Gasteiger partial charge in [0.25, 0.3) is 0 Å². The van der Waals surface area contributed by atoms with Gasteiger partial charge < -0.3 is 9.47 Å². The van der Waals surface area contributed by atoms with Crippen LogP contribution in [0.5, 0.6) is 5.75 Å². The van der Waals surface area contributed by atoms with E-state index in [9.17, 15) is 4.79 Å². The van der Waals surface area contributed by atoms with E-state index in [0.29, 0.717) is 30.0 Å². The van der Waals surface area contributed by atoms with E-state index in [1.165, 1.54) is 11.3 Å². The summed E-state index contributed by atoms with van der Waals surface area (Å²) in [6.07, 6.45) is 2.92. The van der Waals surface area contributed by atoms with Gasteiger partial charge in [-0.2, -0.15) is 5.10 Å². The number of hydrogen-bond acceptors (Lipinski definition) is 7. The summed E-state index contributed by atoms with van der Waals surface area (Å²) < 4.78 is 10.8. The molecule has 1 aromatic heterocycles. The lowest BCUT2D eigenvalue weighted by atomic mass is 10.1. The fourth-order valence-corrected chi connectivity index (χ4v) is 2.88. The summed E-state index contributed by atoms with van der Waals surface area (Å²) in [4.78, 5) is 15.8. The van der Waals surface area contributed by atoms with Crippen molar-refractivity contribution in [3.05, 3.63) is 40.4 Å². The number of benzene rings is 1. The number of aromatic nitrogens is 1. The highest BCUT2D eigenvalue weighted by atomic mass is 32.1. The van der Waals surface area contributed by atoms with Crippen molar-refractivity contribution in [3.8, 4) is 5.75 Å². The second kappa shape index (κ2) is 10.7. The fourth-order valence-electron chi connectivity index (χ4n) is 2.22. The number of nitrogens with zero attached hydrogens (tertiary/aromatic N) is 2. The predicted octanol–water partition coefficient (Wildman–Crippen LogP) is 4.43. The Labute approximate surface area is 164 Å². The number of nitrogens with one attached hydrogen (secondary N) is 1. The van der Waals surface area contributed by atoms with Crippen molar-refractivity contribution >= 4 is 28.7 Å². The molecule has 0 spiro atoms. The van der Waals surface area contributed by atoms with Gasteiger partial charge in [0.05, 0.1) is 31.5 Å². The highest BCUT2D eigenvalue weighted by Gasteiger charge is 2.08. The Hall–Kier alpha value is -2.41. The lowest BCUT2D eigenvalue weighted by Crippen LogP contribution is -2.07. The van der Waals surface area contributed by atoms with Gasteiger partial charge in [-0.3, -0.25) is 10.2 Å². The Morgan fingerprint density at radius 1 is 1.41 bits per heavy atom. The van der Waals surface area contributed by atoms with Gasteiger partial charge in [-0.05, 0) is 43.4 Å². The third-order valence-corrected chi connectivity index (χ3v) is 4.52. The van der Waals surface area contributed by atoms with Crippen LogP contribution in [0.15, 0.2) is 28.7 Å². The number of thiazole rings is 1. The van der Waals surface area contributed by atoms with Gasteiger partial charge in [0.1, 0.15) is 5.75 Å². The monoisotopic (exact) mass is 389 g/mol. The first-order valence-electron chi connectivity index (χ1n) is 9.10. The number of hydrogen-bond donors (Lipinski definition) is 1. The van der Waals surface area contributed by atoms with Gasteiger partial charge in [-0.25, -0.2) is 4.98 Å². The van der Waals surface area contributed by atoms with Gasteiger partial charge in [0, 0.05) is 5.38 Å². The maximum atomic E-state index is 11.5. The molecule has 0 aliphatic rings. The standard InChI is InChI=1S/C20H27N3O3S/c1-5-25-19(24)11-17-13-27-20(22-17)23-21-12-16-7-6-15(4)18(10-16)26-9-8-14(2)3/h6-7,10,12-14H,5,8-9,11H2,1-4H3,(H,22,23). The van der Waals surface area contributed by atoms with Gasteiger partial charge in [0.15, 0.2) is 0 Å². The molecule has 1 aromatic carbocycles. The van der Waals surface area contributed by atoms with Gasteiger partial charge in [-0.1, -0.05) is 26.0 Å². The van der Waals surface area contributed by atoms with Crippen LogP contribution >= 0.6 is 11.3 Å². The number of esters is 1. The second-order valence-electron chi connectivity index (χ2n) is 6.55. The van der Waals surface area contributed by atoms with Crippen LogP contribution in [-0.4, -0.2) is 30.4 Å². The molecule has 0 fully saturated rings. The molecule has 0 aliphatic heterocycles. The van der Waals surface area contributed by atoms with Crippen LogP contribution in [0.25, 0.3) is 0 Å². The lowest BCUT2D eigenvalue weighted by Gasteiger charge is -2.11. The molecule has 2 rings (SSSR count). The molecule has 146 valence electrons. The minimum atomic E-state index is -0.275. The molecule has 0 atom stereocenters. The molecule has 2 aromatic rings.